The van der Waals surface area contributed by atoms with Crippen LogP contribution in [0.3, 0.4) is 0 Å². The summed E-state index contributed by atoms with van der Waals surface area (Å²) >= 11 is 0. The molecule has 1 fully saturated rings. The van der Waals surface area contributed by atoms with Gasteiger partial charge in [-0.25, -0.2) is 0 Å². The molecule has 1 aliphatic heterocycles. The average molecular weight is 472 g/mol. The molecular weight excluding hydrogens is 438 g/mol. The van der Waals surface area contributed by atoms with Gasteiger partial charge in [-0.3, -0.25) is 9.59 Å². The fourth-order valence-electron chi connectivity index (χ4n) is 4.48. The molecule has 6 heteroatoms. The number of ether oxygens (including phenoxy) is 1. The quantitative estimate of drug-likeness (QED) is 0.509. The molecule has 1 saturated heterocycles. The van der Waals surface area contributed by atoms with E-state index >= 15 is 0 Å². The molecule has 182 valence electrons. The predicted molar refractivity (Wildman–Crippen MR) is 137 cm³/mol. The molecule has 3 aromatic rings. The van der Waals surface area contributed by atoms with Crippen LogP contribution < -0.4 is 10.5 Å². The molecule has 0 unspecified atom stereocenters. The minimum atomic E-state index is -0.528. The number of rotatable bonds is 9. The van der Waals surface area contributed by atoms with Gasteiger partial charge in [-0.1, -0.05) is 54.6 Å². The van der Waals surface area contributed by atoms with E-state index in [0.717, 1.165) is 57.5 Å². The van der Waals surface area contributed by atoms with Crippen LogP contribution >= 0.6 is 0 Å². The summed E-state index contributed by atoms with van der Waals surface area (Å²) in [5, 5.41) is 0. The van der Waals surface area contributed by atoms with E-state index in [1.54, 1.807) is 24.3 Å². The molecule has 1 heterocycles. The minimum absolute atomic E-state index is 0.0514. The lowest BCUT2D eigenvalue weighted by molar-refractivity contribution is 0.0761. The highest BCUT2D eigenvalue weighted by atomic mass is 16.5. The van der Waals surface area contributed by atoms with Crippen molar-refractivity contribution in [2.24, 2.45) is 5.73 Å². The highest BCUT2D eigenvalue weighted by Crippen LogP contribution is 2.19. The van der Waals surface area contributed by atoms with Crippen molar-refractivity contribution in [2.45, 2.75) is 25.9 Å². The van der Waals surface area contributed by atoms with Gasteiger partial charge in [0, 0.05) is 25.2 Å². The number of primary amides is 1. The molecule has 0 aromatic heterocycles. The minimum Gasteiger partial charge on any atom is -0.488 e. The smallest absolute Gasteiger partial charge is 0.253 e. The van der Waals surface area contributed by atoms with Crippen LogP contribution in [0.5, 0.6) is 5.75 Å². The Bertz CT molecular complexity index is 1130. The molecule has 3 aromatic carbocycles. The van der Waals surface area contributed by atoms with Crippen LogP contribution in [0.2, 0.25) is 0 Å². The maximum Gasteiger partial charge on any atom is 0.253 e. The van der Waals surface area contributed by atoms with Crippen molar-refractivity contribution < 1.29 is 14.3 Å². The van der Waals surface area contributed by atoms with E-state index in [0.29, 0.717) is 16.9 Å². The highest BCUT2D eigenvalue weighted by Gasteiger charge is 2.20. The molecule has 2 N–H and O–H groups in total. The maximum atomic E-state index is 13.2. The third-order valence-corrected chi connectivity index (χ3v) is 6.38. The van der Waals surface area contributed by atoms with Gasteiger partial charge in [-0.2, -0.15) is 0 Å². The molecule has 0 atom stereocenters. The van der Waals surface area contributed by atoms with Crippen molar-refractivity contribution in [3.05, 3.63) is 101 Å². The number of nitrogens with zero attached hydrogens (tertiary/aromatic N) is 2. The third-order valence-electron chi connectivity index (χ3n) is 6.38. The zero-order valence-electron chi connectivity index (χ0n) is 20.1. The van der Waals surface area contributed by atoms with Crippen LogP contribution in [0.15, 0.2) is 78.9 Å². The number of para-hydroxylation sites is 1. The van der Waals surface area contributed by atoms with Crippen molar-refractivity contribution in [3.63, 3.8) is 0 Å². The number of hydrogen-bond donors (Lipinski definition) is 1. The summed E-state index contributed by atoms with van der Waals surface area (Å²) in [5.41, 5.74) is 8.68. The van der Waals surface area contributed by atoms with E-state index in [1.807, 2.05) is 29.2 Å². The third kappa shape index (κ3) is 6.93. The Morgan fingerprint density at radius 2 is 1.60 bits per heavy atom. The normalized spacial score (nSPS) is 14.3. The highest BCUT2D eigenvalue weighted by molar-refractivity contribution is 5.95. The summed E-state index contributed by atoms with van der Waals surface area (Å²) in [6.07, 6.45) is 3.18. The van der Waals surface area contributed by atoms with Gasteiger partial charge in [-0.05, 0) is 67.7 Å². The SMILES string of the molecule is NC(=O)c1ccccc1OCc1cccc(C(=O)N2CCCN(CCCc3ccccc3)CC2)c1. The summed E-state index contributed by atoms with van der Waals surface area (Å²) < 4.78 is 5.84. The number of carbonyl (C=O) groups excluding carboxylic acids is 2. The van der Waals surface area contributed by atoms with Gasteiger partial charge in [0.25, 0.3) is 11.8 Å². The second-order valence-electron chi connectivity index (χ2n) is 8.93. The zero-order chi connectivity index (χ0) is 24.5. The Labute approximate surface area is 207 Å². The largest absolute Gasteiger partial charge is 0.488 e. The summed E-state index contributed by atoms with van der Waals surface area (Å²) in [6.45, 7) is 4.72. The fraction of sp³-hybridized carbons (Fsp3) is 0.310. The van der Waals surface area contributed by atoms with Crippen molar-refractivity contribution >= 4 is 11.8 Å². The fourth-order valence-corrected chi connectivity index (χ4v) is 4.48. The molecule has 0 radical (unpaired) electrons. The van der Waals surface area contributed by atoms with E-state index < -0.39 is 5.91 Å². The van der Waals surface area contributed by atoms with E-state index in [9.17, 15) is 9.59 Å². The van der Waals surface area contributed by atoms with Crippen molar-refractivity contribution in [1.82, 2.24) is 9.80 Å². The first kappa shape index (κ1) is 24.5. The second kappa shape index (κ2) is 12.2. The van der Waals surface area contributed by atoms with Crippen molar-refractivity contribution in [2.75, 3.05) is 32.7 Å². The van der Waals surface area contributed by atoms with Crippen molar-refractivity contribution in [3.8, 4) is 5.75 Å². The van der Waals surface area contributed by atoms with Crippen LogP contribution in [0.1, 0.15) is 44.7 Å². The molecule has 2 amide bonds. The Morgan fingerprint density at radius 1 is 0.829 bits per heavy atom. The molecule has 1 aliphatic rings. The van der Waals surface area contributed by atoms with Gasteiger partial charge >= 0.3 is 0 Å². The molecule has 0 spiro atoms. The molecule has 0 bridgehead atoms. The van der Waals surface area contributed by atoms with Crippen LogP contribution in [0, 0.1) is 0 Å². The van der Waals surface area contributed by atoms with Crippen LogP contribution in [0.4, 0.5) is 0 Å². The topological polar surface area (TPSA) is 75.9 Å². The molecule has 0 saturated carbocycles. The van der Waals surface area contributed by atoms with E-state index in [1.165, 1.54) is 5.56 Å². The Balaban J connectivity index is 1.30. The Kier molecular flexibility index (Phi) is 8.52. The Morgan fingerprint density at radius 3 is 2.43 bits per heavy atom. The van der Waals surface area contributed by atoms with Crippen LogP contribution in [-0.2, 0) is 13.0 Å². The summed E-state index contributed by atoms with van der Waals surface area (Å²) in [6, 6.07) is 25.0. The van der Waals surface area contributed by atoms with Crippen LogP contribution in [0.25, 0.3) is 0 Å². The van der Waals surface area contributed by atoms with E-state index in [-0.39, 0.29) is 12.5 Å². The van der Waals surface area contributed by atoms with Gasteiger partial charge < -0.3 is 20.3 Å². The lowest BCUT2D eigenvalue weighted by Gasteiger charge is -2.22. The molecule has 0 aliphatic carbocycles. The second-order valence-corrected chi connectivity index (χ2v) is 8.93. The number of aryl methyl sites for hydroxylation is 1. The average Bonchev–Trinajstić information content (AvgIpc) is 3.14. The molecular formula is C29H33N3O3. The Hall–Kier alpha value is -3.64. The first-order valence-electron chi connectivity index (χ1n) is 12.3. The van der Waals surface area contributed by atoms with Crippen LogP contribution in [-0.4, -0.2) is 54.3 Å². The number of benzene rings is 3. The van der Waals surface area contributed by atoms with Crippen molar-refractivity contribution in [1.29, 1.82) is 0 Å². The number of nitrogens with two attached hydrogens (primary N) is 1. The van der Waals surface area contributed by atoms with Gasteiger partial charge in [0.2, 0.25) is 0 Å². The van der Waals surface area contributed by atoms with E-state index in [4.69, 9.17) is 10.5 Å². The maximum absolute atomic E-state index is 13.2. The molecule has 35 heavy (non-hydrogen) atoms. The van der Waals surface area contributed by atoms with E-state index in [2.05, 4.69) is 35.2 Å². The number of carbonyl (C=O) groups is 2. The first-order valence-corrected chi connectivity index (χ1v) is 12.3. The van der Waals surface area contributed by atoms with Gasteiger partial charge in [0.05, 0.1) is 5.56 Å². The molecule has 6 nitrogen and oxygen atoms in total. The predicted octanol–water partition coefficient (Wildman–Crippen LogP) is 4.15. The zero-order valence-corrected chi connectivity index (χ0v) is 20.1. The number of amides is 2. The standard InChI is InChI=1S/C29H33N3O3/c30-28(33)26-14-4-5-15-27(26)35-22-24-11-6-13-25(21-24)29(34)32-18-8-17-31(19-20-32)16-7-12-23-9-2-1-3-10-23/h1-6,9-11,13-15,21H,7-8,12,16-20,22H2,(H2,30,33). The first-order chi connectivity index (χ1) is 17.1. The summed E-state index contributed by atoms with van der Waals surface area (Å²) in [7, 11) is 0. The van der Waals surface area contributed by atoms with Gasteiger partial charge in [0.15, 0.2) is 0 Å². The lowest BCUT2D eigenvalue weighted by atomic mass is 10.1. The van der Waals surface area contributed by atoms with Gasteiger partial charge in [0.1, 0.15) is 12.4 Å². The number of hydrogen-bond acceptors (Lipinski definition) is 4. The monoisotopic (exact) mass is 471 g/mol. The van der Waals surface area contributed by atoms with Gasteiger partial charge in [-0.15, -0.1) is 0 Å². The summed E-state index contributed by atoms with van der Waals surface area (Å²) in [5.74, 6) is -0.0353. The summed E-state index contributed by atoms with van der Waals surface area (Å²) in [4.78, 5) is 29.3. The molecule has 4 rings (SSSR count). The lowest BCUT2D eigenvalue weighted by Crippen LogP contribution is -2.35.